The Morgan fingerprint density at radius 3 is 1.86 bits per heavy atom. The largest absolute Gasteiger partial charge is 0.489 e. The van der Waals surface area contributed by atoms with Crippen molar-refractivity contribution in [1.82, 2.24) is 0 Å². The summed E-state index contributed by atoms with van der Waals surface area (Å²) in [6.07, 6.45) is 1.78. The Morgan fingerprint density at radius 2 is 1.39 bits per heavy atom. The number of rotatable bonds is 6. The van der Waals surface area contributed by atoms with Gasteiger partial charge in [-0.2, -0.15) is 0 Å². The predicted octanol–water partition coefficient (Wildman–Crippen LogP) is 4.75. The SMILES string of the molecule is C=CCOc1c(C(C)(C)C)cccc1[Si](Cl)(c1ccccc1)c1ccccc1. The van der Waals surface area contributed by atoms with E-state index in [0.29, 0.717) is 6.61 Å². The van der Waals surface area contributed by atoms with Gasteiger partial charge in [-0.1, -0.05) is 112 Å². The van der Waals surface area contributed by atoms with Crippen molar-refractivity contribution in [3.8, 4) is 5.75 Å². The molecule has 0 spiro atoms. The molecule has 3 rings (SSSR count). The van der Waals surface area contributed by atoms with Crippen LogP contribution in [0.25, 0.3) is 0 Å². The fraction of sp³-hybridized carbons (Fsp3) is 0.200. The quantitative estimate of drug-likeness (QED) is 0.248. The third kappa shape index (κ3) is 3.94. The van der Waals surface area contributed by atoms with Crippen molar-refractivity contribution in [2.24, 2.45) is 0 Å². The molecule has 0 heterocycles. The molecule has 0 saturated carbocycles. The summed E-state index contributed by atoms with van der Waals surface area (Å²) >= 11 is 7.65. The van der Waals surface area contributed by atoms with Gasteiger partial charge in [-0.3, -0.25) is 0 Å². The zero-order valence-corrected chi connectivity index (χ0v) is 18.5. The molecular formula is C25H27ClOSi. The van der Waals surface area contributed by atoms with Crippen LogP contribution < -0.4 is 20.3 Å². The maximum absolute atomic E-state index is 7.65. The molecule has 0 bridgehead atoms. The lowest BCUT2D eigenvalue weighted by Gasteiger charge is -2.31. The highest BCUT2D eigenvalue weighted by Crippen LogP contribution is 2.32. The van der Waals surface area contributed by atoms with Crippen LogP contribution in [-0.2, 0) is 5.41 Å². The van der Waals surface area contributed by atoms with Crippen LogP contribution in [0.5, 0.6) is 5.75 Å². The van der Waals surface area contributed by atoms with E-state index >= 15 is 0 Å². The Balaban J connectivity index is 2.34. The summed E-state index contributed by atoms with van der Waals surface area (Å²) in [5.74, 6) is 0.893. The molecule has 1 nitrogen and oxygen atoms in total. The van der Waals surface area contributed by atoms with Crippen molar-refractivity contribution in [3.63, 3.8) is 0 Å². The van der Waals surface area contributed by atoms with Crippen LogP contribution in [0, 0.1) is 0 Å². The van der Waals surface area contributed by atoms with Crippen molar-refractivity contribution in [2.75, 3.05) is 6.61 Å². The number of para-hydroxylation sites is 1. The second kappa shape index (κ2) is 8.38. The standard InChI is InChI=1S/C25H27ClOSi/c1-5-19-27-24-22(25(2,3)4)17-12-18-23(24)28(26,20-13-8-6-9-14-20)21-15-10-7-11-16-21/h5-18H,1,19H2,2-4H3. The first-order chi connectivity index (χ1) is 13.4. The van der Waals surface area contributed by atoms with Gasteiger partial charge in [-0.15, -0.1) is 11.1 Å². The molecule has 0 unspecified atom stereocenters. The lowest BCUT2D eigenvalue weighted by Crippen LogP contribution is -2.63. The second-order valence-electron chi connectivity index (χ2n) is 7.92. The molecule has 28 heavy (non-hydrogen) atoms. The summed E-state index contributed by atoms with van der Waals surface area (Å²) < 4.78 is 6.27. The summed E-state index contributed by atoms with van der Waals surface area (Å²) in [5.41, 5.74) is 1.10. The van der Waals surface area contributed by atoms with E-state index in [-0.39, 0.29) is 5.41 Å². The minimum absolute atomic E-state index is 0.0634. The Kier molecular flexibility index (Phi) is 6.12. The minimum atomic E-state index is -2.77. The minimum Gasteiger partial charge on any atom is -0.489 e. The predicted molar refractivity (Wildman–Crippen MR) is 124 cm³/mol. The van der Waals surface area contributed by atoms with Crippen LogP contribution in [-0.4, -0.2) is 14.0 Å². The summed E-state index contributed by atoms with van der Waals surface area (Å²) in [7, 11) is -2.77. The lowest BCUT2D eigenvalue weighted by atomic mass is 9.86. The van der Waals surface area contributed by atoms with Crippen molar-refractivity contribution in [2.45, 2.75) is 26.2 Å². The van der Waals surface area contributed by atoms with Crippen LogP contribution in [0.1, 0.15) is 26.3 Å². The van der Waals surface area contributed by atoms with Gasteiger partial charge in [0, 0.05) is 5.19 Å². The van der Waals surface area contributed by atoms with Crippen molar-refractivity contribution < 1.29 is 4.74 Å². The van der Waals surface area contributed by atoms with E-state index in [0.717, 1.165) is 26.9 Å². The Labute approximate surface area is 174 Å². The molecule has 144 valence electrons. The monoisotopic (exact) mass is 406 g/mol. The summed E-state index contributed by atoms with van der Waals surface area (Å²) in [6, 6.07) is 27.2. The molecule has 3 aromatic rings. The van der Waals surface area contributed by atoms with Gasteiger partial charge in [0.05, 0.1) is 0 Å². The smallest absolute Gasteiger partial charge is 0.251 e. The van der Waals surface area contributed by atoms with E-state index in [9.17, 15) is 0 Å². The summed E-state index contributed by atoms with van der Waals surface area (Å²) in [5, 5.41) is 3.38. The van der Waals surface area contributed by atoms with Gasteiger partial charge in [0.15, 0.2) is 0 Å². The number of ether oxygens (including phenoxy) is 1. The molecular weight excluding hydrogens is 380 g/mol. The molecule has 0 aliphatic rings. The molecule has 0 amide bonds. The van der Waals surface area contributed by atoms with Gasteiger partial charge in [0.25, 0.3) is 7.38 Å². The van der Waals surface area contributed by atoms with Gasteiger partial charge < -0.3 is 4.74 Å². The van der Waals surface area contributed by atoms with Crippen molar-refractivity contribution >= 4 is 34.0 Å². The Morgan fingerprint density at radius 1 is 0.857 bits per heavy atom. The Bertz CT molecular complexity index is 890. The van der Waals surface area contributed by atoms with E-state index < -0.39 is 7.38 Å². The average molecular weight is 407 g/mol. The third-order valence-corrected chi connectivity index (χ3v) is 10.2. The molecule has 0 saturated heterocycles. The molecule has 0 aliphatic carbocycles. The Hall–Kier alpha value is -2.29. The number of benzene rings is 3. The first-order valence-electron chi connectivity index (χ1n) is 9.56. The first kappa shape index (κ1) is 20.4. The lowest BCUT2D eigenvalue weighted by molar-refractivity contribution is 0.354. The van der Waals surface area contributed by atoms with Gasteiger partial charge in [0.2, 0.25) is 0 Å². The molecule has 3 heteroatoms. The number of halogens is 1. The number of hydrogen-bond donors (Lipinski definition) is 0. The van der Waals surface area contributed by atoms with Gasteiger partial charge in [0.1, 0.15) is 12.4 Å². The normalized spacial score (nSPS) is 11.9. The zero-order chi connectivity index (χ0) is 20.2. The number of hydrogen-bond acceptors (Lipinski definition) is 1. The van der Waals surface area contributed by atoms with Gasteiger partial charge >= 0.3 is 0 Å². The van der Waals surface area contributed by atoms with Crippen LogP contribution in [0.15, 0.2) is 91.5 Å². The average Bonchev–Trinajstić information content (AvgIpc) is 2.72. The third-order valence-electron chi connectivity index (χ3n) is 4.88. The maximum Gasteiger partial charge on any atom is 0.251 e. The summed E-state index contributed by atoms with van der Waals surface area (Å²) in [6.45, 7) is 10.9. The summed E-state index contributed by atoms with van der Waals surface area (Å²) in [4.78, 5) is 0. The van der Waals surface area contributed by atoms with Crippen LogP contribution in [0.3, 0.4) is 0 Å². The fourth-order valence-electron chi connectivity index (χ4n) is 3.51. The molecule has 0 radical (unpaired) electrons. The van der Waals surface area contributed by atoms with Gasteiger partial charge in [-0.05, 0) is 21.4 Å². The van der Waals surface area contributed by atoms with Crippen molar-refractivity contribution in [1.29, 1.82) is 0 Å². The van der Waals surface area contributed by atoms with Crippen LogP contribution >= 0.6 is 11.1 Å². The van der Waals surface area contributed by atoms with E-state index in [1.54, 1.807) is 6.08 Å². The van der Waals surface area contributed by atoms with Gasteiger partial charge in [-0.25, -0.2) is 0 Å². The van der Waals surface area contributed by atoms with E-state index in [1.165, 1.54) is 0 Å². The zero-order valence-electron chi connectivity index (χ0n) is 16.8. The van der Waals surface area contributed by atoms with Crippen molar-refractivity contribution in [3.05, 3.63) is 97.1 Å². The topological polar surface area (TPSA) is 9.23 Å². The van der Waals surface area contributed by atoms with Crippen LogP contribution in [0.4, 0.5) is 0 Å². The second-order valence-corrected chi connectivity index (χ2v) is 12.6. The molecule has 3 aromatic carbocycles. The highest BCUT2D eigenvalue weighted by molar-refractivity contribution is 7.40. The fourth-order valence-corrected chi connectivity index (χ4v) is 7.82. The first-order valence-corrected chi connectivity index (χ1v) is 12.6. The highest BCUT2D eigenvalue weighted by Gasteiger charge is 2.41. The maximum atomic E-state index is 7.65. The van der Waals surface area contributed by atoms with Crippen LogP contribution in [0.2, 0.25) is 0 Å². The molecule has 0 aliphatic heterocycles. The molecule has 0 atom stereocenters. The van der Waals surface area contributed by atoms with E-state index in [2.05, 4.69) is 94.1 Å². The highest BCUT2D eigenvalue weighted by atomic mass is 35.6. The molecule has 0 aromatic heterocycles. The van der Waals surface area contributed by atoms with E-state index in [4.69, 9.17) is 15.8 Å². The molecule has 0 N–H and O–H groups in total. The molecule has 0 fully saturated rings. The van der Waals surface area contributed by atoms with E-state index in [1.807, 2.05) is 12.1 Å².